The number of amides is 3. The molecule has 4 rings (SSSR count). The normalized spacial score (nSPS) is 18.4. The third kappa shape index (κ3) is 3.89. The van der Waals surface area contributed by atoms with Gasteiger partial charge in [0.1, 0.15) is 0 Å². The van der Waals surface area contributed by atoms with E-state index in [4.69, 9.17) is 4.99 Å². The Hall–Kier alpha value is -2.93. The summed E-state index contributed by atoms with van der Waals surface area (Å²) >= 11 is 1.57. The van der Waals surface area contributed by atoms with Crippen molar-refractivity contribution in [2.75, 3.05) is 17.2 Å². The van der Waals surface area contributed by atoms with Crippen LogP contribution >= 0.6 is 11.8 Å². The lowest BCUT2D eigenvalue weighted by Gasteiger charge is -2.28. The number of benzene rings is 2. The minimum Gasteiger partial charge on any atom is -0.287 e. The molecule has 0 aromatic heterocycles. The molecule has 2 fully saturated rings. The highest BCUT2D eigenvalue weighted by molar-refractivity contribution is 8.13. The average Bonchev–Trinajstić information content (AvgIpc) is 3.09. The summed E-state index contributed by atoms with van der Waals surface area (Å²) in [4.78, 5) is 45.2. The summed E-state index contributed by atoms with van der Waals surface area (Å²) in [6.07, 6.45) is 1.31. The number of carbonyl (C=O) groups is 3. The van der Waals surface area contributed by atoms with Gasteiger partial charge in [0.05, 0.1) is 11.4 Å². The minimum atomic E-state index is -0.226. The van der Waals surface area contributed by atoms with Gasteiger partial charge < -0.3 is 0 Å². The van der Waals surface area contributed by atoms with Crippen LogP contribution in [0.1, 0.15) is 40.7 Å². The number of para-hydroxylation sites is 1. The fourth-order valence-electron chi connectivity index (χ4n) is 3.72. The van der Waals surface area contributed by atoms with E-state index in [-0.39, 0.29) is 30.6 Å². The van der Waals surface area contributed by atoms with Crippen molar-refractivity contribution in [3.63, 3.8) is 0 Å². The van der Waals surface area contributed by atoms with E-state index in [9.17, 15) is 14.4 Å². The van der Waals surface area contributed by atoms with E-state index in [1.807, 2.05) is 32.0 Å². The predicted molar refractivity (Wildman–Crippen MR) is 119 cm³/mol. The molecule has 3 amide bonds. The van der Waals surface area contributed by atoms with Crippen LogP contribution in [-0.4, -0.2) is 40.1 Å². The van der Waals surface area contributed by atoms with Gasteiger partial charge in [-0.25, -0.2) is 4.99 Å². The number of anilines is 1. The van der Waals surface area contributed by atoms with Crippen LogP contribution in [0.4, 0.5) is 11.4 Å². The molecule has 0 unspecified atom stereocenters. The molecule has 2 aliphatic rings. The number of carbonyl (C=O) groups excluding carboxylic acids is 3. The molecule has 0 spiro atoms. The van der Waals surface area contributed by atoms with Crippen LogP contribution in [0.15, 0.2) is 47.5 Å². The zero-order valence-electron chi connectivity index (χ0n) is 17.1. The van der Waals surface area contributed by atoms with Gasteiger partial charge in [0.2, 0.25) is 11.8 Å². The van der Waals surface area contributed by atoms with Crippen LogP contribution in [0.3, 0.4) is 0 Å². The second-order valence-corrected chi connectivity index (χ2v) is 8.53. The number of nitrogens with zero attached hydrogens (tertiary/aromatic N) is 3. The molecule has 2 aliphatic heterocycles. The quantitative estimate of drug-likeness (QED) is 0.696. The third-order valence-corrected chi connectivity index (χ3v) is 6.35. The molecule has 0 radical (unpaired) electrons. The molecule has 30 heavy (non-hydrogen) atoms. The Balaban J connectivity index is 1.66. The maximum atomic E-state index is 13.3. The Bertz CT molecular complexity index is 1030. The second kappa shape index (κ2) is 8.44. The Morgan fingerprint density at radius 3 is 2.37 bits per heavy atom. The van der Waals surface area contributed by atoms with Gasteiger partial charge in [-0.2, -0.15) is 0 Å². The molecule has 2 saturated heterocycles. The first-order valence-electron chi connectivity index (χ1n) is 10.0. The molecule has 2 aromatic carbocycles. The molecule has 0 saturated carbocycles. The summed E-state index contributed by atoms with van der Waals surface area (Å²) in [5.41, 5.74) is 3.91. The van der Waals surface area contributed by atoms with Gasteiger partial charge in [0.15, 0.2) is 5.17 Å². The molecule has 6 nitrogen and oxygen atoms in total. The summed E-state index contributed by atoms with van der Waals surface area (Å²) < 4.78 is 0. The van der Waals surface area contributed by atoms with E-state index in [1.165, 1.54) is 4.90 Å². The summed E-state index contributed by atoms with van der Waals surface area (Å²) in [5, 5.41) is 0.683. The van der Waals surface area contributed by atoms with Gasteiger partial charge in [0, 0.05) is 30.7 Å². The number of hydrogen-bond acceptors (Lipinski definition) is 5. The number of thioether (sulfide) groups is 1. The number of hydrogen-bond donors (Lipinski definition) is 0. The van der Waals surface area contributed by atoms with Gasteiger partial charge in [-0.05, 0) is 49.6 Å². The number of aliphatic imine (C=N–C) groups is 1. The van der Waals surface area contributed by atoms with Crippen LogP contribution in [-0.2, 0) is 9.59 Å². The van der Waals surface area contributed by atoms with Crippen LogP contribution < -0.4 is 4.90 Å². The van der Waals surface area contributed by atoms with Crippen molar-refractivity contribution in [2.45, 2.75) is 33.1 Å². The van der Waals surface area contributed by atoms with Crippen LogP contribution in [0.25, 0.3) is 0 Å². The van der Waals surface area contributed by atoms with Crippen molar-refractivity contribution in [3.8, 4) is 0 Å². The highest BCUT2D eigenvalue weighted by atomic mass is 32.2. The van der Waals surface area contributed by atoms with E-state index >= 15 is 0 Å². The molecule has 154 valence electrons. The topological polar surface area (TPSA) is 70.1 Å². The van der Waals surface area contributed by atoms with Crippen molar-refractivity contribution in [1.29, 1.82) is 0 Å². The smallest absolute Gasteiger partial charge is 0.259 e. The summed E-state index contributed by atoms with van der Waals surface area (Å²) in [6, 6.07) is 12.8. The molecular weight excluding hydrogens is 398 g/mol. The molecule has 2 heterocycles. The van der Waals surface area contributed by atoms with E-state index in [2.05, 4.69) is 0 Å². The first kappa shape index (κ1) is 20.3. The van der Waals surface area contributed by atoms with E-state index in [0.29, 0.717) is 23.0 Å². The zero-order chi connectivity index (χ0) is 21.3. The largest absolute Gasteiger partial charge is 0.287 e. The molecule has 0 bridgehead atoms. The second-order valence-electron chi connectivity index (χ2n) is 7.47. The molecule has 0 aliphatic carbocycles. The average molecular weight is 422 g/mol. The maximum Gasteiger partial charge on any atom is 0.259 e. The Morgan fingerprint density at radius 2 is 1.67 bits per heavy atom. The SMILES string of the molecule is Cc1cccc(C)c1N=C1SCCCN1C(=O)c1cccc(N2C(=O)CCC2=O)c1. The number of imide groups is 1. The van der Waals surface area contributed by atoms with Crippen molar-refractivity contribution in [3.05, 3.63) is 59.2 Å². The van der Waals surface area contributed by atoms with Crippen molar-refractivity contribution < 1.29 is 14.4 Å². The van der Waals surface area contributed by atoms with E-state index in [1.54, 1.807) is 40.9 Å². The monoisotopic (exact) mass is 421 g/mol. The highest BCUT2D eigenvalue weighted by Gasteiger charge is 2.31. The number of rotatable bonds is 3. The van der Waals surface area contributed by atoms with E-state index in [0.717, 1.165) is 29.0 Å². The van der Waals surface area contributed by atoms with Crippen molar-refractivity contribution >= 4 is 46.0 Å². The molecular formula is C23H23N3O3S. The minimum absolute atomic E-state index is 0.173. The summed E-state index contributed by atoms with van der Waals surface area (Å²) in [7, 11) is 0. The molecule has 2 aromatic rings. The lowest BCUT2D eigenvalue weighted by atomic mass is 10.1. The molecule has 0 atom stereocenters. The maximum absolute atomic E-state index is 13.3. The number of aryl methyl sites for hydroxylation is 2. The van der Waals surface area contributed by atoms with Crippen molar-refractivity contribution in [1.82, 2.24) is 4.90 Å². The predicted octanol–water partition coefficient (Wildman–Crippen LogP) is 4.22. The van der Waals surface area contributed by atoms with Gasteiger partial charge in [-0.15, -0.1) is 0 Å². The lowest BCUT2D eigenvalue weighted by Crippen LogP contribution is -2.39. The van der Waals surface area contributed by atoms with E-state index < -0.39 is 0 Å². The fraction of sp³-hybridized carbons (Fsp3) is 0.304. The van der Waals surface area contributed by atoms with Gasteiger partial charge in [-0.1, -0.05) is 36.0 Å². The Morgan fingerprint density at radius 1 is 1.00 bits per heavy atom. The zero-order valence-corrected chi connectivity index (χ0v) is 17.9. The van der Waals surface area contributed by atoms with Crippen LogP contribution in [0, 0.1) is 13.8 Å². The molecule has 0 N–H and O–H groups in total. The summed E-state index contributed by atoms with van der Waals surface area (Å²) in [5.74, 6) is 0.281. The van der Waals surface area contributed by atoms with Gasteiger partial charge >= 0.3 is 0 Å². The standard InChI is InChI=1S/C23H23N3O3S/c1-15-6-3-7-16(2)21(15)24-23-25(12-5-13-30-23)22(29)17-8-4-9-18(14-17)26-19(27)10-11-20(26)28/h3-4,6-9,14H,5,10-13H2,1-2H3. The highest BCUT2D eigenvalue weighted by Crippen LogP contribution is 2.29. The fourth-order valence-corrected chi connectivity index (χ4v) is 4.66. The first-order chi connectivity index (χ1) is 14.5. The lowest BCUT2D eigenvalue weighted by molar-refractivity contribution is -0.121. The summed E-state index contributed by atoms with van der Waals surface area (Å²) in [6.45, 7) is 4.61. The first-order valence-corrected chi connectivity index (χ1v) is 11.0. The van der Waals surface area contributed by atoms with Gasteiger partial charge in [0.25, 0.3) is 5.91 Å². The van der Waals surface area contributed by atoms with Crippen LogP contribution in [0.2, 0.25) is 0 Å². The van der Waals surface area contributed by atoms with Crippen LogP contribution in [0.5, 0.6) is 0 Å². The Kier molecular flexibility index (Phi) is 5.72. The van der Waals surface area contributed by atoms with Gasteiger partial charge in [-0.3, -0.25) is 24.2 Å². The Labute approximate surface area is 180 Å². The van der Waals surface area contributed by atoms with Crippen molar-refractivity contribution in [2.24, 2.45) is 4.99 Å². The molecule has 7 heteroatoms. The number of amidine groups is 1. The third-order valence-electron chi connectivity index (χ3n) is 5.28.